The van der Waals surface area contributed by atoms with Crippen molar-refractivity contribution in [3.63, 3.8) is 0 Å². The van der Waals surface area contributed by atoms with Crippen LogP contribution in [0.25, 0.3) is 0 Å². The quantitative estimate of drug-likeness (QED) is 0.0736. The van der Waals surface area contributed by atoms with Gasteiger partial charge >= 0.3 is 6.09 Å². The molecule has 17 heteroatoms. The molecule has 3 N–H and O–H groups in total. The summed E-state index contributed by atoms with van der Waals surface area (Å²) in [4.78, 5) is 11.7. The number of nitrogens with two attached hydrogens (primary N) is 1. The van der Waals surface area contributed by atoms with Crippen LogP contribution in [0.4, 0.5) is 10.5 Å². The summed E-state index contributed by atoms with van der Waals surface area (Å²) in [6.07, 6.45) is -0.472. The number of amides is 1. The second-order valence-electron chi connectivity index (χ2n) is 11.7. The van der Waals surface area contributed by atoms with Crippen molar-refractivity contribution in [1.82, 2.24) is 5.32 Å². The van der Waals surface area contributed by atoms with Crippen molar-refractivity contribution < 1.29 is 71.1 Å². The molecule has 2 aromatic carbocycles. The smallest absolute Gasteiger partial charge is 0.407 e. The minimum Gasteiger partial charge on any atom is -0.489 e. The van der Waals surface area contributed by atoms with E-state index in [0.717, 1.165) is 5.56 Å². The van der Waals surface area contributed by atoms with Crippen LogP contribution in [0, 0.1) is 0 Å². The minimum atomic E-state index is -0.472. The van der Waals surface area contributed by atoms with Crippen molar-refractivity contribution >= 4 is 11.8 Å². The molecule has 57 heavy (non-hydrogen) atoms. The summed E-state index contributed by atoms with van der Waals surface area (Å²) >= 11 is 0. The van der Waals surface area contributed by atoms with Crippen LogP contribution in [-0.4, -0.2) is 178 Å². The lowest BCUT2D eigenvalue weighted by Gasteiger charge is -2.10. The molecule has 0 radical (unpaired) electrons. The molecule has 0 aliphatic carbocycles. The number of hydrogen-bond donors (Lipinski definition) is 2. The van der Waals surface area contributed by atoms with Gasteiger partial charge in [0.1, 0.15) is 19.0 Å². The maximum atomic E-state index is 11.7. The fourth-order valence-corrected chi connectivity index (χ4v) is 4.34. The zero-order valence-corrected chi connectivity index (χ0v) is 33.5. The number of para-hydroxylation sites is 2. The van der Waals surface area contributed by atoms with Gasteiger partial charge in [-0.05, 0) is 17.7 Å². The van der Waals surface area contributed by atoms with Crippen LogP contribution < -0.4 is 15.8 Å². The third kappa shape index (κ3) is 33.5. The van der Waals surface area contributed by atoms with Crippen LogP contribution in [0.15, 0.2) is 54.6 Å². The maximum Gasteiger partial charge on any atom is 0.407 e. The largest absolute Gasteiger partial charge is 0.489 e. The average Bonchev–Trinajstić information content (AvgIpc) is 3.23. The fourth-order valence-electron chi connectivity index (χ4n) is 4.34. The number of alkyl carbamates (subject to hydrolysis) is 1. The van der Waals surface area contributed by atoms with Crippen molar-refractivity contribution in [3.05, 3.63) is 60.2 Å². The van der Waals surface area contributed by atoms with Crippen molar-refractivity contribution in [2.45, 2.75) is 6.61 Å². The number of hydrogen-bond acceptors (Lipinski definition) is 16. The summed E-state index contributed by atoms with van der Waals surface area (Å²) in [6, 6.07) is 16.9. The molecular weight excluding hydrogens is 748 g/mol. The molecule has 0 fully saturated rings. The van der Waals surface area contributed by atoms with Gasteiger partial charge in [0.25, 0.3) is 0 Å². The summed E-state index contributed by atoms with van der Waals surface area (Å²) < 4.78 is 76.5. The molecule has 0 saturated heterocycles. The van der Waals surface area contributed by atoms with Crippen LogP contribution in [0.1, 0.15) is 5.56 Å². The first-order valence-electron chi connectivity index (χ1n) is 19.6. The highest BCUT2D eigenvalue weighted by Gasteiger charge is 2.02. The highest BCUT2D eigenvalue weighted by molar-refractivity contribution is 5.67. The Hall–Kier alpha value is -3.17. The van der Waals surface area contributed by atoms with Gasteiger partial charge < -0.3 is 77.4 Å². The Labute approximate surface area is 337 Å². The van der Waals surface area contributed by atoms with Gasteiger partial charge in [0.15, 0.2) is 0 Å². The van der Waals surface area contributed by atoms with Crippen molar-refractivity contribution in [2.24, 2.45) is 0 Å². The van der Waals surface area contributed by atoms with Crippen molar-refractivity contribution in [1.29, 1.82) is 0 Å². The van der Waals surface area contributed by atoms with E-state index in [1.807, 2.05) is 48.5 Å². The first-order valence-corrected chi connectivity index (χ1v) is 19.6. The third-order valence-corrected chi connectivity index (χ3v) is 7.22. The molecule has 2 aromatic rings. The lowest BCUT2D eigenvalue weighted by molar-refractivity contribution is -0.0285. The Bertz CT molecular complexity index is 1160. The second kappa shape index (κ2) is 39.6. The first-order chi connectivity index (χ1) is 28.3. The average molecular weight is 815 g/mol. The molecule has 0 aliphatic rings. The van der Waals surface area contributed by atoms with Gasteiger partial charge in [-0.3, -0.25) is 0 Å². The number of ether oxygens (including phenoxy) is 14. The summed E-state index contributed by atoms with van der Waals surface area (Å²) in [6.45, 7) is 12.5. The van der Waals surface area contributed by atoms with Crippen LogP contribution in [0.5, 0.6) is 5.75 Å². The number of rotatable bonds is 42. The van der Waals surface area contributed by atoms with E-state index < -0.39 is 6.09 Å². The molecular formula is C40H66N2O15. The molecule has 0 aromatic heterocycles. The Balaban J connectivity index is 1.13. The molecule has 0 saturated carbocycles. The molecule has 0 atom stereocenters. The van der Waals surface area contributed by atoms with Crippen LogP contribution in [-0.2, 0) is 68.2 Å². The molecule has 1 amide bonds. The first kappa shape index (κ1) is 50.0. The van der Waals surface area contributed by atoms with Gasteiger partial charge in [-0.2, -0.15) is 0 Å². The van der Waals surface area contributed by atoms with Gasteiger partial charge in [0, 0.05) is 6.54 Å². The number of nitrogen functional groups attached to an aromatic ring is 1. The lowest BCUT2D eigenvalue weighted by atomic mass is 10.2. The Morgan fingerprint density at radius 1 is 0.404 bits per heavy atom. The number of nitrogens with one attached hydrogen (secondary N) is 1. The molecule has 0 aliphatic heterocycles. The topological polar surface area (TPSA) is 184 Å². The summed E-state index contributed by atoms with van der Waals surface area (Å²) in [5.74, 6) is 0.664. The Morgan fingerprint density at radius 2 is 0.719 bits per heavy atom. The number of anilines is 1. The summed E-state index contributed by atoms with van der Waals surface area (Å²) in [5, 5.41) is 2.64. The maximum absolute atomic E-state index is 11.7. The van der Waals surface area contributed by atoms with Gasteiger partial charge in [-0.1, -0.05) is 42.5 Å². The van der Waals surface area contributed by atoms with E-state index in [0.29, 0.717) is 183 Å². The Kier molecular flexibility index (Phi) is 34.8. The molecule has 0 heterocycles. The molecule has 0 unspecified atom stereocenters. The number of benzene rings is 2. The van der Waals surface area contributed by atoms with Crippen LogP contribution >= 0.6 is 0 Å². The molecule has 0 spiro atoms. The standard InChI is InChI=1S/C40H66N2O15/c41-38-8-4-5-9-39(38)56-35-34-55-33-32-54-31-30-53-29-28-52-27-26-51-25-24-50-23-22-49-21-20-48-19-18-47-17-16-46-15-14-45-13-12-44-11-10-42-40(43)57-36-37-6-2-1-3-7-37/h1-9H,10-36,41H2,(H,42,43). The predicted octanol–water partition coefficient (Wildman–Crippen LogP) is 2.77. The number of carbonyl (C=O) groups excluding carboxylic acids is 1. The molecule has 17 nitrogen and oxygen atoms in total. The zero-order valence-electron chi connectivity index (χ0n) is 33.5. The normalized spacial score (nSPS) is 11.2. The van der Waals surface area contributed by atoms with Crippen LogP contribution in [0.3, 0.4) is 0 Å². The minimum absolute atomic E-state index is 0.234. The van der Waals surface area contributed by atoms with E-state index in [9.17, 15) is 4.79 Å². The predicted molar refractivity (Wildman–Crippen MR) is 211 cm³/mol. The third-order valence-electron chi connectivity index (χ3n) is 7.22. The lowest BCUT2D eigenvalue weighted by Crippen LogP contribution is -2.28. The van der Waals surface area contributed by atoms with Gasteiger partial charge in [-0.15, -0.1) is 0 Å². The van der Waals surface area contributed by atoms with Gasteiger partial charge in [0.05, 0.1) is 164 Å². The summed E-state index contributed by atoms with van der Waals surface area (Å²) in [5.41, 5.74) is 7.37. The summed E-state index contributed by atoms with van der Waals surface area (Å²) in [7, 11) is 0. The molecule has 0 bridgehead atoms. The van der Waals surface area contributed by atoms with Gasteiger partial charge in [0.2, 0.25) is 0 Å². The second-order valence-corrected chi connectivity index (χ2v) is 11.7. The molecule has 326 valence electrons. The van der Waals surface area contributed by atoms with Crippen molar-refractivity contribution in [2.75, 3.05) is 177 Å². The van der Waals surface area contributed by atoms with E-state index in [1.54, 1.807) is 6.07 Å². The van der Waals surface area contributed by atoms with E-state index in [-0.39, 0.29) is 6.61 Å². The van der Waals surface area contributed by atoms with E-state index >= 15 is 0 Å². The fraction of sp³-hybridized carbons (Fsp3) is 0.675. The monoisotopic (exact) mass is 814 g/mol. The van der Waals surface area contributed by atoms with Crippen molar-refractivity contribution in [3.8, 4) is 5.75 Å². The highest BCUT2D eigenvalue weighted by atomic mass is 16.6. The number of carbonyl (C=O) groups is 1. The highest BCUT2D eigenvalue weighted by Crippen LogP contribution is 2.19. The van der Waals surface area contributed by atoms with Gasteiger partial charge in [-0.25, -0.2) is 4.79 Å². The van der Waals surface area contributed by atoms with Crippen LogP contribution in [0.2, 0.25) is 0 Å². The Morgan fingerprint density at radius 3 is 1.09 bits per heavy atom. The molecule has 2 rings (SSSR count). The van der Waals surface area contributed by atoms with E-state index in [2.05, 4.69) is 5.32 Å². The SMILES string of the molecule is Nc1ccccc1OCCOCCOCCOCCOCCOCCOCCOCCOCCOCCOCCOCCOCCNC(=O)OCc1ccccc1. The van der Waals surface area contributed by atoms with E-state index in [1.165, 1.54) is 0 Å². The zero-order chi connectivity index (χ0) is 40.4. The van der Waals surface area contributed by atoms with E-state index in [4.69, 9.17) is 72.0 Å².